The van der Waals surface area contributed by atoms with Crippen LogP contribution in [0.25, 0.3) is 82.0 Å². The molecular weight excluding hydrogens is 484 g/mol. The third-order valence-corrected chi connectivity index (χ3v) is 8.51. The second-order valence-corrected chi connectivity index (χ2v) is 10.6. The summed E-state index contributed by atoms with van der Waals surface area (Å²) in [6.07, 6.45) is 0. The zero-order valence-corrected chi connectivity index (χ0v) is 21.7. The Morgan fingerprint density at radius 2 is 1.10 bits per heavy atom. The van der Waals surface area contributed by atoms with E-state index in [9.17, 15) is 0 Å². The molecule has 0 aliphatic rings. The molecule has 9 rings (SSSR count). The SMILES string of the molecule is c1ccc2c(-n3c4ccccc4c4cc(-c5cc6c7ccccc7[nH]c6c6ccccc56)ccc43)cccc2c1. The maximum atomic E-state index is 3.69. The Hall–Kier alpha value is -5.34. The molecule has 0 atom stereocenters. The third kappa shape index (κ3) is 2.93. The van der Waals surface area contributed by atoms with Crippen molar-refractivity contribution < 1.29 is 0 Å². The first kappa shape index (κ1) is 21.6. The van der Waals surface area contributed by atoms with Crippen molar-refractivity contribution in [1.82, 2.24) is 9.55 Å². The number of nitrogens with zero attached hydrogens (tertiary/aromatic N) is 1. The van der Waals surface area contributed by atoms with Crippen LogP contribution in [0, 0.1) is 0 Å². The molecule has 2 heterocycles. The molecule has 0 aliphatic carbocycles. The maximum Gasteiger partial charge on any atom is 0.0544 e. The fourth-order valence-corrected chi connectivity index (χ4v) is 6.73. The third-order valence-electron chi connectivity index (χ3n) is 8.51. The number of rotatable bonds is 2. The minimum atomic E-state index is 1.17. The van der Waals surface area contributed by atoms with Crippen molar-refractivity contribution in [3.63, 3.8) is 0 Å². The smallest absolute Gasteiger partial charge is 0.0544 e. The summed E-state index contributed by atoms with van der Waals surface area (Å²) in [5.41, 5.74) is 8.53. The fraction of sp³-hybridized carbons (Fsp3) is 0. The Labute approximate surface area is 230 Å². The molecule has 7 aromatic carbocycles. The van der Waals surface area contributed by atoms with Crippen LogP contribution in [-0.2, 0) is 0 Å². The molecule has 0 unspecified atom stereocenters. The lowest BCUT2D eigenvalue weighted by Crippen LogP contribution is -1.95. The molecule has 1 N–H and O–H groups in total. The van der Waals surface area contributed by atoms with Gasteiger partial charge in [-0.05, 0) is 58.3 Å². The van der Waals surface area contributed by atoms with Gasteiger partial charge in [0.25, 0.3) is 0 Å². The first-order valence-corrected chi connectivity index (χ1v) is 13.8. The zero-order chi connectivity index (χ0) is 26.2. The number of hydrogen-bond acceptors (Lipinski definition) is 0. The summed E-state index contributed by atoms with van der Waals surface area (Å²) in [4.78, 5) is 3.69. The van der Waals surface area contributed by atoms with Gasteiger partial charge in [-0.3, -0.25) is 0 Å². The van der Waals surface area contributed by atoms with Crippen LogP contribution in [0.5, 0.6) is 0 Å². The molecule has 0 bridgehead atoms. The van der Waals surface area contributed by atoms with Crippen molar-refractivity contribution in [1.29, 1.82) is 0 Å². The van der Waals surface area contributed by atoms with Crippen molar-refractivity contribution in [2.75, 3.05) is 0 Å². The monoisotopic (exact) mass is 508 g/mol. The van der Waals surface area contributed by atoms with Crippen LogP contribution in [0.4, 0.5) is 0 Å². The molecule has 2 aromatic heterocycles. The van der Waals surface area contributed by atoms with E-state index in [1.165, 1.54) is 82.0 Å². The second kappa shape index (κ2) is 8.08. The summed E-state index contributed by atoms with van der Waals surface area (Å²) in [7, 11) is 0. The van der Waals surface area contributed by atoms with Gasteiger partial charge in [0, 0.05) is 37.8 Å². The Bertz CT molecular complexity index is 2430. The quantitative estimate of drug-likeness (QED) is 0.240. The van der Waals surface area contributed by atoms with E-state index in [1.54, 1.807) is 0 Å². The van der Waals surface area contributed by atoms with Gasteiger partial charge in [0.05, 0.1) is 22.2 Å². The molecule has 186 valence electrons. The maximum absolute atomic E-state index is 3.69. The number of nitrogens with one attached hydrogen (secondary N) is 1. The van der Waals surface area contributed by atoms with E-state index in [1.807, 2.05) is 0 Å². The molecular formula is C38H24N2. The van der Waals surface area contributed by atoms with E-state index in [4.69, 9.17) is 0 Å². The first-order chi connectivity index (χ1) is 19.8. The van der Waals surface area contributed by atoms with Crippen LogP contribution >= 0.6 is 0 Å². The number of aromatic nitrogens is 2. The Morgan fingerprint density at radius 3 is 2.00 bits per heavy atom. The van der Waals surface area contributed by atoms with Crippen LogP contribution in [0.2, 0.25) is 0 Å². The molecule has 0 fully saturated rings. The molecule has 0 saturated carbocycles. The van der Waals surface area contributed by atoms with Gasteiger partial charge in [-0.1, -0.05) is 103 Å². The van der Waals surface area contributed by atoms with Gasteiger partial charge >= 0.3 is 0 Å². The van der Waals surface area contributed by atoms with Gasteiger partial charge in [-0.2, -0.15) is 0 Å². The van der Waals surface area contributed by atoms with E-state index < -0.39 is 0 Å². The first-order valence-electron chi connectivity index (χ1n) is 13.8. The summed E-state index contributed by atoms with van der Waals surface area (Å²) in [6, 6.07) is 50.8. The minimum absolute atomic E-state index is 1.17. The van der Waals surface area contributed by atoms with Crippen LogP contribution in [0.3, 0.4) is 0 Å². The van der Waals surface area contributed by atoms with E-state index in [0.717, 1.165) is 0 Å². The standard InChI is InChI=1S/C38H24N2/c1-2-12-26-24(10-1)11-9-19-35(26)40-36-18-8-6-15-29(36)32-22-25(20-21-37(32)40)31-23-33-28-14-5-7-17-34(28)39-38(33)30-16-4-3-13-27(30)31/h1-23,39H. The van der Waals surface area contributed by atoms with Gasteiger partial charge in [0.1, 0.15) is 0 Å². The molecule has 2 nitrogen and oxygen atoms in total. The number of fused-ring (bicyclic) bond motifs is 9. The van der Waals surface area contributed by atoms with Gasteiger partial charge in [0.15, 0.2) is 0 Å². The van der Waals surface area contributed by atoms with E-state index in [2.05, 4.69) is 149 Å². The Morgan fingerprint density at radius 1 is 0.425 bits per heavy atom. The average molecular weight is 509 g/mol. The highest BCUT2D eigenvalue weighted by Crippen LogP contribution is 2.41. The van der Waals surface area contributed by atoms with Crippen molar-refractivity contribution in [3.05, 3.63) is 140 Å². The Kier molecular flexibility index (Phi) is 4.36. The molecule has 2 heteroatoms. The molecule has 0 saturated heterocycles. The molecule has 0 amide bonds. The summed E-state index contributed by atoms with van der Waals surface area (Å²) in [6.45, 7) is 0. The van der Waals surface area contributed by atoms with E-state index in [0.29, 0.717) is 0 Å². The number of H-pyrrole nitrogens is 1. The average Bonchev–Trinajstić information content (AvgIpc) is 3.56. The number of hydrogen-bond donors (Lipinski definition) is 1. The van der Waals surface area contributed by atoms with Crippen molar-refractivity contribution in [2.24, 2.45) is 0 Å². The van der Waals surface area contributed by atoms with Crippen LogP contribution in [-0.4, -0.2) is 9.55 Å². The lowest BCUT2D eigenvalue weighted by molar-refractivity contribution is 1.20. The van der Waals surface area contributed by atoms with Gasteiger partial charge in [-0.15, -0.1) is 0 Å². The number of aromatic amines is 1. The highest BCUT2D eigenvalue weighted by Gasteiger charge is 2.17. The van der Waals surface area contributed by atoms with Gasteiger partial charge < -0.3 is 9.55 Å². The largest absolute Gasteiger partial charge is 0.354 e. The van der Waals surface area contributed by atoms with Crippen LogP contribution in [0.15, 0.2) is 140 Å². The highest BCUT2D eigenvalue weighted by atomic mass is 15.0. The summed E-state index contributed by atoms with van der Waals surface area (Å²) in [5.74, 6) is 0. The van der Waals surface area contributed by atoms with E-state index in [-0.39, 0.29) is 0 Å². The topological polar surface area (TPSA) is 20.7 Å². The molecule has 40 heavy (non-hydrogen) atoms. The Balaban J connectivity index is 1.37. The van der Waals surface area contributed by atoms with Crippen LogP contribution < -0.4 is 0 Å². The normalized spacial score (nSPS) is 12.0. The number of benzene rings is 7. The van der Waals surface area contributed by atoms with Gasteiger partial charge in [0.2, 0.25) is 0 Å². The lowest BCUT2D eigenvalue weighted by atomic mass is 9.94. The summed E-state index contributed by atoms with van der Waals surface area (Å²) < 4.78 is 2.43. The molecule has 0 radical (unpaired) electrons. The van der Waals surface area contributed by atoms with Crippen molar-refractivity contribution in [3.8, 4) is 16.8 Å². The summed E-state index contributed by atoms with van der Waals surface area (Å²) in [5, 5.41) is 10.1. The molecule has 0 aliphatic heterocycles. The lowest BCUT2D eigenvalue weighted by Gasteiger charge is -2.12. The fourth-order valence-electron chi connectivity index (χ4n) is 6.73. The van der Waals surface area contributed by atoms with E-state index >= 15 is 0 Å². The minimum Gasteiger partial charge on any atom is -0.354 e. The molecule has 0 spiro atoms. The summed E-state index contributed by atoms with van der Waals surface area (Å²) >= 11 is 0. The van der Waals surface area contributed by atoms with Crippen molar-refractivity contribution >= 4 is 65.2 Å². The molecule has 9 aromatic rings. The predicted molar refractivity (Wildman–Crippen MR) is 171 cm³/mol. The zero-order valence-electron chi connectivity index (χ0n) is 21.7. The number of para-hydroxylation sites is 2. The second-order valence-electron chi connectivity index (χ2n) is 10.6. The van der Waals surface area contributed by atoms with Crippen molar-refractivity contribution in [2.45, 2.75) is 0 Å². The van der Waals surface area contributed by atoms with Crippen LogP contribution in [0.1, 0.15) is 0 Å². The highest BCUT2D eigenvalue weighted by molar-refractivity contribution is 6.21. The van der Waals surface area contributed by atoms with Gasteiger partial charge in [-0.25, -0.2) is 0 Å². The predicted octanol–water partition coefficient (Wildman–Crippen LogP) is 10.4.